The van der Waals surface area contributed by atoms with Crippen LogP contribution in [0, 0.1) is 0 Å². The van der Waals surface area contributed by atoms with E-state index in [0.29, 0.717) is 24.5 Å². The number of hydrogen-bond acceptors (Lipinski definition) is 3. The lowest BCUT2D eigenvalue weighted by molar-refractivity contribution is -0.173. The van der Waals surface area contributed by atoms with Gasteiger partial charge < -0.3 is 10.2 Å². The number of alkyl halides is 3. The molecule has 1 unspecified atom stereocenters. The lowest BCUT2D eigenvalue weighted by Crippen LogP contribution is -2.38. The van der Waals surface area contributed by atoms with Crippen molar-refractivity contribution in [1.29, 1.82) is 0 Å². The predicted octanol–water partition coefficient (Wildman–Crippen LogP) is 3.65. The van der Waals surface area contributed by atoms with Crippen molar-refractivity contribution in [1.82, 2.24) is 14.7 Å². The second-order valence-corrected chi connectivity index (χ2v) is 6.73. The van der Waals surface area contributed by atoms with Gasteiger partial charge in [-0.3, -0.25) is 4.79 Å². The summed E-state index contributed by atoms with van der Waals surface area (Å²) in [5.74, 6) is 0.445. The first kappa shape index (κ1) is 17.1. The van der Waals surface area contributed by atoms with E-state index in [4.69, 9.17) is 0 Å². The fourth-order valence-electron chi connectivity index (χ4n) is 3.67. The van der Waals surface area contributed by atoms with Crippen LogP contribution in [0.1, 0.15) is 63.7 Å². The molecule has 2 aliphatic rings. The summed E-state index contributed by atoms with van der Waals surface area (Å²) >= 11 is 0. The van der Waals surface area contributed by atoms with Crippen LogP contribution in [0.4, 0.5) is 19.0 Å². The van der Waals surface area contributed by atoms with Crippen molar-refractivity contribution in [2.45, 2.75) is 70.3 Å². The van der Waals surface area contributed by atoms with Gasteiger partial charge in [0, 0.05) is 25.1 Å². The third kappa shape index (κ3) is 3.10. The Morgan fingerprint density at radius 3 is 2.88 bits per heavy atom. The minimum absolute atomic E-state index is 0.0409. The highest BCUT2D eigenvalue weighted by molar-refractivity contribution is 5.77. The number of halogens is 3. The molecule has 1 aromatic heterocycles. The van der Waals surface area contributed by atoms with E-state index < -0.39 is 12.2 Å². The second kappa shape index (κ2) is 6.29. The molecule has 3 atom stereocenters. The molecule has 0 aliphatic carbocycles. The number of aromatic nitrogens is 2. The summed E-state index contributed by atoms with van der Waals surface area (Å²) in [5.41, 5.74) is 0.558. The van der Waals surface area contributed by atoms with E-state index in [1.165, 1.54) is 0 Å². The highest BCUT2D eigenvalue weighted by atomic mass is 19.4. The summed E-state index contributed by atoms with van der Waals surface area (Å²) in [6, 6.07) is -0.418. The number of amides is 1. The molecule has 1 fully saturated rings. The van der Waals surface area contributed by atoms with Gasteiger partial charge >= 0.3 is 6.18 Å². The molecule has 3 heterocycles. The SMILES string of the molecule is CCCC(=O)N1CCCC1c1cc2n(n1)[C@@H](C(F)(F)F)C[C@@H](C)N2. The number of nitrogens with one attached hydrogen (secondary N) is 1. The summed E-state index contributed by atoms with van der Waals surface area (Å²) in [7, 11) is 0. The standard InChI is InChI=1S/C16H23F3N4O/c1-3-5-15(24)22-7-4-6-12(22)11-9-14-20-10(2)8-13(16(17,18)19)23(14)21-11/h9-10,12-13,20H,3-8H2,1-2H3/t10-,12?,13-/m1/s1. The van der Waals surface area contributed by atoms with Crippen LogP contribution < -0.4 is 5.32 Å². The van der Waals surface area contributed by atoms with Crippen molar-refractivity contribution in [3.05, 3.63) is 11.8 Å². The molecule has 1 N–H and O–H groups in total. The predicted molar refractivity (Wildman–Crippen MR) is 83.6 cm³/mol. The van der Waals surface area contributed by atoms with Gasteiger partial charge in [0.2, 0.25) is 5.91 Å². The van der Waals surface area contributed by atoms with Crippen molar-refractivity contribution in [3.63, 3.8) is 0 Å². The average Bonchev–Trinajstić information content (AvgIpc) is 3.11. The number of carbonyl (C=O) groups excluding carboxylic acids is 1. The Morgan fingerprint density at radius 2 is 2.21 bits per heavy atom. The number of likely N-dealkylation sites (tertiary alicyclic amines) is 1. The lowest BCUT2D eigenvalue weighted by Gasteiger charge is -2.31. The molecule has 3 rings (SSSR count). The fraction of sp³-hybridized carbons (Fsp3) is 0.750. The number of fused-ring (bicyclic) bond motifs is 1. The highest BCUT2D eigenvalue weighted by Crippen LogP contribution is 2.41. The summed E-state index contributed by atoms with van der Waals surface area (Å²) in [4.78, 5) is 14.0. The zero-order chi connectivity index (χ0) is 17.5. The van der Waals surface area contributed by atoms with E-state index in [9.17, 15) is 18.0 Å². The Kier molecular flexibility index (Phi) is 4.48. The third-order valence-electron chi connectivity index (χ3n) is 4.78. The number of carbonyl (C=O) groups is 1. The smallest absolute Gasteiger partial charge is 0.368 e. The molecule has 0 spiro atoms. The molecule has 2 aliphatic heterocycles. The Hall–Kier alpha value is -1.73. The minimum Gasteiger partial charge on any atom is -0.368 e. The van der Waals surface area contributed by atoms with Gasteiger partial charge in [-0.15, -0.1) is 0 Å². The van der Waals surface area contributed by atoms with Crippen molar-refractivity contribution in [2.24, 2.45) is 0 Å². The van der Waals surface area contributed by atoms with Gasteiger partial charge in [-0.1, -0.05) is 6.92 Å². The summed E-state index contributed by atoms with van der Waals surface area (Å²) in [6.45, 7) is 4.33. The number of nitrogens with zero attached hydrogens (tertiary/aromatic N) is 3. The van der Waals surface area contributed by atoms with Crippen molar-refractivity contribution >= 4 is 11.7 Å². The maximum atomic E-state index is 13.3. The van der Waals surface area contributed by atoms with Crippen LogP contribution in [0.5, 0.6) is 0 Å². The van der Waals surface area contributed by atoms with Crippen LogP contribution in [0.25, 0.3) is 0 Å². The van der Waals surface area contributed by atoms with Crippen molar-refractivity contribution in [3.8, 4) is 0 Å². The van der Waals surface area contributed by atoms with Gasteiger partial charge in [0.25, 0.3) is 0 Å². The molecule has 1 amide bonds. The van der Waals surface area contributed by atoms with Gasteiger partial charge in [-0.25, -0.2) is 4.68 Å². The van der Waals surface area contributed by atoms with E-state index in [2.05, 4.69) is 10.4 Å². The molecule has 0 saturated carbocycles. The van der Waals surface area contributed by atoms with Crippen LogP contribution >= 0.6 is 0 Å². The second-order valence-electron chi connectivity index (χ2n) is 6.73. The normalized spacial score (nSPS) is 27.0. The van der Waals surface area contributed by atoms with Crippen LogP contribution in [0.15, 0.2) is 6.07 Å². The fourth-order valence-corrected chi connectivity index (χ4v) is 3.67. The van der Waals surface area contributed by atoms with Gasteiger partial charge in [0.15, 0.2) is 6.04 Å². The summed E-state index contributed by atoms with van der Waals surface area (Å²) in [5, 5.41) is 7.32. The van der Waals surface area contributed by atoms with Crippen LogP contribution in [-0.4, -0.2) is 39.4 Å². The van der Waals surface area contributed by atoms with Gasteiger partial charge in [-0.2, -0.15) is 18.3 Å². The van der Waals surface area contributed by atoms with Gasteiger partial charge in [0.05, 0.1) is 11.7 Å². The monoisotopic (exact) mass is 344 g/mol. The number of hydrogen-bond donors (Lipinski definition) is 1. The first-order valence-corrected chi connectivity index (χ1v) is 8.53. The summed E-state index contributed by atoms with van der Waals surface area (Å²) < 4.78 is 41.0. The minimum atomic E-state index is -4.33. The molecule has 0 aromatic carbocycles. The molecule has 24 heavy (non-hydrogen) atoms. The molecule has 1 aromatic rings. The van der Waals surface area contributed by atoms with Crippen LogP contribution in [0.2, 0.25) is 0 Å². The van der Waals surface area contributed by atoms with Gasteiger partial charge in [-0.05, 0) is 32.6 Å². The van der Waals surface area contributed by atoms with Crippen LogP contribution in [0.3, 0.4) is 0 Å². The maximum absolute atomic E-state index is 13.3. The molecule has 0 radical (unpaired) electrons. The molecule has 8 heteroatoms. The van der Waals surface area contributed by atoms with Crippen LogP contribution in [-0.2, 0) is 4.79 Å². The first-order chi connectivity index (χ1) is 11.3. The van der Waals surface area contributed by atoms with E-state index in [1.54, 1.807) is 17.9 Å². The zero-order valence-electron chi connectivity index (χ0n) is 13.9. The molecule has 0 bridgehead atoms. The van der Waals surface area contributed by atoms with E-state index in [-0.39, 0.29) is 24.4 Å². The van der Waals surface area contributed by atoms with E-state index in [0.717, 1.165) is 23.9 Å². The topological polar surface area (TPSA) is 50.2 Å². The third-order valence-corrected chi connectivity index (χ3v) is 4.78. The number of rotatable bonds is 3. The van der Waals surface area contributed by atoms with Crippen molar-refractivity contribution in [2.75, 3.05) is 11.9 Å². The Labute approximate surface area is 139 Å². The largest absolute Gasteiger partial charge is 0.410 e. The molecule has 134 valence electrons. The lowest BCUT2D eigenvalue weighted by atomic mass is 10.1. The quantitative estimate of drug-likeness (QED) is 0.910. The molecular formula is C16H23F3N4O. The van der Waals surface area contributed by atoms with E-state index >= 15 is 0 Å². The zero-order valence-corrected chi connectivity index (χ0v) is 13.9. The molecular weight excluding hydrogens is 321 g/mol. The maximum Gasteiger partial charge on any atom is 0.410 e. The highest BCUT2D eigenvalue weighted by Gasteiger charge is 2.46. The Bertz CT molecular complexity index is 613. The Morgan fingerprint density at radius 1 is 1.46 bits per heavy atom. The Balaban J connectivity index is 1.90. The van der Waals surface area contributed by atoms with Crippen molar-refractivity contribution < 1.29 is 18.0 Å². The first-order valence-electron chi connectivity index (χ1n) is 8.53. The average molecular weight is 344 g/mol. The molecule has 1 saturated heterocycles. The van der Waals surface area contributed by atoms with E-state index in [1.807, 2.05) is 6.92 Å². The summed E-state index contributed by atoms with van der Waals surface area (Å²) in [6.07, 6.45) is -1.54. The number of anilines is 1. The molecule has 5 nitrogen and oxygen atoms in total. The van der Waals surface area contributed by atoms with Gasteiger partial charge in [0.1, 0.15) is 5.82 Å².